The van der Waals surface area contributed by atoms with Gasteiger partial charge < -0.3 is 5.73 Å². The van der Waals surface area contributed by atoms with E-state index in [2.05, 4.69) is 0 Å². The van der Waals surface area contributed by atoms with Crippen molar-refractivity contribution < 1.29 is 8.42 Å². The van der Waals surface area contributed by atoms with Crippen LogP contribution in [0.4, 0.5) is 0 Å². The average Bonchev–Trinajstić information content (AvgIpc) is 2.85. The second kappa shape index (κ2) is 5.42. The molecule has 1 saturated carbocycles. The molecule has 0 aromatic rings. The molecule has 6 heteroatoms. The standard InChI is InChI=1S/C10H20N2O2S2/c1-8(2)12(6-5-10(11)15)16(13,14)7-9-3-4-9/h8-9H,3-7H2,1-2H3,(H2,11,15). The summed E-state index contributed by atoms with van der Waals surface area (Å²) in [5, 5.41) is 0. The van der Waals surface area contributed by atoms with E-state index in [0.717, 1.165) is 12.8 Å². The van der Waals surface area contributed by atoms with Gasteiger partial charge in [-0.1, -0.05) is 12.2 Å². The Morgan fingerprint density at radius 2 is 2.06 bits per heavy atom. The van der Waals surface area contributed by atoms with Crippen molar-refractivity contribution >= 4 is 27.2 Å². The van der Waals surface area contributed by atoms with Crippen LogP contribution in [0.1, 0.15) is 33.1 Å². The molecule has 94 valence electrons. The lowest BCUT2D eigenvalue weighted by atomic mass is 10.3. The van der Waals surface area contributed by atoms with Gasteiger partial charge in [-0.15, -0.1) is 0 Å². The summed E-state index contributed by atoms with van der Waals surface area (Å²) in [4.78, 5) is 0.368. The van der Waals surface area contributed by atoms with E-state index in [0.29, 0.717) is 23.9 Å². The molecular formula is C10H20N2O2S2. The first-order chi connectivity index (χ1) is 7.33. The topological polar surface area (TPSA) is 63.4 Å². The fourth-order valence-corrected chi connectivity index (χ4v) is 3.84. The molecule has 1 aliphatic carbocycles. The van der Waals surface area contributed by atoms with Crippen LogP contribution in [0, 0.1) is 5.92 Å². The molecule has 0 aromatic carbocycles. The van der Waals surface area contributed by atoms with Crippen molar-refractivity contribution in [2.45, 2.75) is 39.2 Å². The summed E-state index contributed by atoms with van der Waals surface area (Å²) < 4.78 is 25.7. The summed E-state index contributed by atoms with van der Waals surface area (Å²) in [6.07, 6.45) is 2.54. The molecule has 0 saturated heterocycles. The van der Waals surface area contributed by atoms with Crippen LogP contribution in [0.15, 0.2) is 0 Å². The average molecular weight is 264 g/mol. The highest BCUT2D eigenvalue weighted by atomic mass is 32.2. The molecule has 1 rings (SSSR count). The second-order valence-electron chi connectivity index (χ2n) is 4.64. The lowest BCUT2D eigenvalue weighted by molar-refractivity contribution is 0.361. The van der Waals surface area contributed by atoms with E-state index in [9.17, 15) is 8.42 Å². The van der Waals surface area contributed by atoms with Crippen molar-refractivity contribution in [2.75, 3.05) is 12.3 Å². The Morgan fingerprint density at radius 1 is 1.50 bits per heavy atom. The number of hydrogen-bond donors (Lipinski definition) is 1. The molecule has 0 amide bonds. The number of sulfonamides is 1. The van der Waals surface area contributed by atoms with Gasteiger partial charge in [0.1, 0.15) is 0 Å². The van der Waals surface area contributed by atoms with Crippen LogP contribution in [0.25, 0.3) is 0 Å². The van der Waals surface area contributed by atoms with Gasteiger partial charge in [-0.3, -0.25) is 0 Å². The Balaban J connectivity index is 2.63. The SMILES string of the molecule is CC(C)N(CCC(N)=S)S(=O)(=O)CC1CC1. The predicted molar refractivity (Wildman–Crippen MR) is 69.8 cm³/mol. The van der Waals surface area contributed by atoms with Crippen molar-refractivity contribution in [2.24, 2.45) is 11.7 Å². The van der Waals surface area contributed by atoms with Gasteiger partial charge >= 0.3 is 0 Å². The minimum Gasteiger partial charge on any atom is -0.393 e. The van der Waals surface area contributed by atoms with Gasteiger partial charge in [0.2, 0.25) is 10.0 Å². The van der Waals surface area contributed by atoms with Crippen LogP contribution in [0.2, 0.25) is 0 Å². The fraction of sp³-hybridized carbons (Fsp3) is 0.900. The van der Waals surface area contributed by atoms with Crippen LogP contribution in [0.3, 0.4) is 0 Å². The smallest absolute Gasteiger partial charge is 0.214 e. The zero-order chi connectivity index (χ0) is 12.3. The summed E-state index contributed by atoms with van der Waals surface area (Å²) in [6, 6.07) is -0.0295. The van der Waals surface area contributed by atoms with E-state index in [4.69, 9.17) is 18.0 Å². The molecule has 1 fully saturated rings. The third-order valence-corrected chi connectivity index (χ3v) is 5.07. The minimum absolute atomic E-state index is 0.0295. The Hall–Kier alpha value is -0.200. The van der Waals surface area contributed by atoms with Crippen LogP contribution in [-0.2, 0) is 10.0 Å². The zero-order valence-corrected chi connectivity index (χ0v) is 11.5. The Labute approximate surface area is 103 Å². The van der Waals surface area contributed by atoms with Crippen LogP contribution in [0.5, 0.6) is 0 Å². The van der Waals surface area contributed by atoms with Crippen molar-refractivity contribution in [3.63, 3.8) is 0 Å². The first-order valence-corrected chi connectivity index (χ1v) is 7.62. The monoisotopic (exact) mass is 264 g/mol. The van der Waals surface area contributed by atoms with Gasteiger partial charge in [0.15, 0.2) is 0 Å². The molecule has 0 aromatic heterocycles. The molecule has 0 heterocycles. The van der Waals surface area contributed by atoms with E-state index in [1.54, 1.807) is 0 Å². The zero-order valence-electron chi connectivity index (χ0n) is 9.85. The first-order valence-electron chi connectivity index (χ1n) is 5.60. The quantitative estimate of drug-likeness (QED) is 0.700. The van der Waals surface area contributed by atoms with Gasteiger partial charge in [-0.2, -0.15) is 4.31 Å². The van der Waals surface area contributed by atoms with Crippen molar-refractivity contribution in [3.05, 3.63) is 0 Å². The van der Waals surface area contributed by atoms with Crippen LogP contribution in [-0.4, -0.2) is 36.1 Å². The van der Waals surface area contributed by atoms with Gasteiger partial charge in [-0.05, 0) is 32.6 Å². The molecular weight excluding hydrogens is 244 g/mol. The van der Waals surface area contributed by atoms with E-state index in [-0.39, 0.29) is 11.8 Å². The van der Waals surface area contributed by atoms with Crippen molar-refractivity contribution in [1.82, 2.24) is 4.31 Å². The molecule has 2 N–H and O–H groups in total. The Kier molecular flexibility index (Phi) is 4.70. The Morgan fingerprint density at radius 3 is 2.44 bits per heavy atom. The largest absolute Gasteiger partial charge is 0.393 e. The van der Waals surface area contributed by atoms with Crippen molar-refractivity contribution in [3.8, 4) is 0 Å². The van der Waals surface area contributed by atoms with E-state index in [1.165, 1.54) is 4.31 Å². The van der Waals surface area contributed by atoms with Gasteiger partial charge in [-0.25, -0.2) is 8.42 Å². The van der Waals surface area contributed by atoms with Crippen molar-refractivity contribution in [1.29, 1.82) is 0 Å². The third-order valence-electron chi connectivity index (χ3n) is 2.66. The van der Waals surface area contributed by atoms with Crippen LogP contribution < -0.4 is 5.73 Å². The first kappa shape index (κ1) is 13.9. The minimum atomic E-state index is -3.14. The number of thiocarbonyl (C=S) groups is 1. The molecule has 0 unspecified atom stereocenters. The lowest BCUT2D eigenvalue weighted by Gasteiger charge is -2.25. The molecule has 16 heavy (non-hydrogen) atoms. The highest BCUT2D eigenvalue weighted by Gasteiger charge is 2.32. The number of nitrogens with zero attached hydrogens (tertiary/aromatic N) is 1. The molecule has 0 spiro atoms. The second-order valence-corrected chi connectivity index (χ2v) is 7.13. The summed E-state index contributed by atoms with van der Waals surface area (Å²) in [5.41, 5.74) is 5.41. The normalized spacial score (nSPS) is 17.0. The van der Waals surface area contributed by atoms with Gasteiger partial charge in [0, 0.05) is 19.0 Å². The number of hydrogen-bond acceptors (Lipinski definition) is 3. The molecule has 0 atom stereocenters. The fourth-order valence-electron chi connectivity index (χ4n) is 1.62. The van der Waals surface area contributed by atoms with E-state index in [1.807, 2.05) is 13.8 Å². The molecule has 0 aliphatic heterocycles. The summed E-state index contributed by atoms with van der Waals surface area (Å²) in [7, 11) is -3.14. The summed E-state index contributed by atoms with van der Waals surface area (Å²) in [6.45, 7) is 4.16. The van der Waals surface area contributed by atoms with Crippen LogP contribution >= 0.6 is 12.2 Å². The highest BCUT2D eigenvalue weighted by Crippen LogP contribution is 2.31. The maximum Gasteiger partial charge on any atom is 0.214 e. The van der Waals surface area contributed by atoms with Gasteiger partial charge in [0.05, 0.1) is 10.7 Å². The van der Waals surface area contributed by atoms with E-state index < -0.39 is 10.0 Å². The Bertz CT molecular complexity index is 348. The molecule has 1 aliphatic rings. The molecule has 0 radical (unpaired) electrons. The highest BCUT2D eigenvalue weighted by molar-refractivity contribution is 7.89. The maximum atomic E-state index is 12.1. The van der Waals surface area contributed by atoms with Gasteiger partial charge in [0.25, 0.3) is 0 Å². The number of nitrogens with two attached hydrogens (primary N) is 1. The predicted octanol–water partition coefficient (Wildman–Crippen LogP) is 1.11. The maximum absolute atomic E-state index is 12.1. The summed E-state index contributed by atoms with van der Waals surface area (Å²) >= 11 is 4.78. The summed E-state index contributed by atoms with van der Waals surface area (Å²) in [5.74, 6) is 0.652. The molecule has 4 nitrogen and oxygen atoms in total. The third kappa shape index (κ3) is 4.35. The van der Waals surface area contributed by atoms with E-state index >= 15 is 0 Å². The lowest BCUT2D eigenvalue weighted by Crippen LogP contribution is -2.40. The molecule has 0 bridgehead atoms. The number of rotatable bonds is 7.